The number of hydrogen-bond donors (Lipinski definition) is 1. The first-order valence-electron chi connectivity index (χ1n) is 5.23. The van der Waals surface area contributed by atoms with Crippen LogP contribution in [0.2, 0.25) is 0 Å². The van der Waals surface area contributed by atoms with E-state index in [4.69, 9.17) is 0 Å². The number of amides is 1. The number of carbonyl (C=O) groups is 1. The van der Waals surface area contributed by atoms with E-state index in [1.165, 1.54) is 31.3 Å². The first kappa shape index (κ1) is 12.7. The van der Waals surface area contributed by atoms with Crippen molar-refractivity contribution in [3.8, 4) is 0 Å². The van der Waals surface area contributed by atoms with Gasteiger partial charge in [0.15, 0.2) is 5.69 Å². The van der Waals surface area contributed by atoms with Gasteiger partial charge in [-0.25, -0.2) is 4.39 Å². The van der Waals surface area contributed by atoms with Crippen LogP contribution in [0, 0.1) is 15.9 Å². The van der Waals surface area contributed by atoms with Gasteiger partial charge in [0.25, 0.3) is 5.91 Å². The average molecular weight is 264 g/mol. The normalized spacial score (nSPS) is 10.2. The van der Waals surface area contributed by atoms with Crippen LogP contribution in [-0.4, -0.2) is 20.6 Å². The smallest absolute Gasteiger partial charge is 0.358 e. The van der Waals surface area contributed by atoms with Crippen LogP contribution in [0.25, 0.3) is 0 Å². The van der Waals surface area contributed by atoms with Crippen LogP contribution in [0.1, 0.15) is 10.5 Å². The lowest BCUT2D eigenvalue weighted by molar-refractivity contribution is -0.389. The summed E-state index contributed by atoms with van der Waals surface area (Å²) in [5.41, 5.74) is 0.422. The van der Waals surface area contributed by atoms with Crippen molar-refractivity contribution >= 4 is 17.4 Å². The molecule has 98 valence electrons. The van der Waals surface area contributed by atoms with E-state index in [1.54, 1.807) is 0 Å². The van der Waals surface area contributed by atoms with Gasteiger partial charge in [0.1, 0.15) is 5.82 Å². The quantitative estimate of drug-likeness (QED) is 0.675. The summed E-state index contributed by atoms with van der Waals surface area (Å²) in [6.45, 7) is 0. The summed E-state index contributed by atoms with van der Waals surface area (Å²) in [6, 6.07) is 6.23. The fourth-order valence-corrected chi connectivity index (χ4v) is 1.48. The molecule has 1 aromatic carbocycles. The van der Waals surface area contributed by atoms with Gasteiger partial charge in [0.2, 0.25) is 0 Å². The standard InChI is InChI=1S/C11H9FN4O3/c1-15-9(6-10(14-15)16(18)19)11(17)13-8-4-2-7(12)3-5-8/h2-6H,1H3,(H,13,17). The van der Waals surface area contributed by atoms with Crippen molar-refractivity contribution in [2.24, 2.45) is 7.05 Å². The lowest BCUT2D eigenvalue weighted by Gasteiger charge is -2.03. The van der Waals surface area contributed by atoms with Gasteiger partial charge >= 0.3 is 5.82 Å². The molecule has 7 nitrogen and oxygen atoms in total. The molecule has 1 N–H and O–H groups in total. The van der Waals surface area contributed by atoms with E-state index < -0.39 is 22.5 Å². The molecule has 19 heavy (non-hydrogen) atoms. The molecular formula is C11H9FN4O3. The van der Waals surface area contributed by atoms with Crippen LogP contribution in [0.3, 0.4) is 0 Å². The molecule has 2 rings (SSSR count). The summed E-state index contributed by atoms with van der Waals surface area (Å²) in [4.78, 5) is 21.7. The van der Waals surface area contributed by atoms with E-state index in [0.29, 0.717) is 5.69 Å². The molecule has 0 aliphatic rings. The van der Waals surface area contributed by atoms with Crippen LogP contribution in [0.15, 0.2) is 30.3 Å². The maximum Gasteiger partial charge on any atom is 0.390 e. The first-order valence-corrected chi connectivity index (χ1v) is 5.23. The number of anilines is 1. The number of carbonyl (C=O) groups excluding carboxylic acids is 1. The second-order valence-corrected chi connectivity index (χ2v) is 3.73. The largest absolute Gasteiger partial charge is 0.390 e. The Morgan fingerprint density at radius 2 is 2.05 bits per heavy atom. The zero-order valence-corrected chi connectivity index (χ0v) is 9.83. The fourth-order valence-electron chi connectivity index (χ4n) is 1.48. The maximum absolute atomic E-state index is 12.7. The van der Waals surface area contributed by atoms with Gasteiger partial charge in [0, 0.05) is 5.69 Å². The van der Waals surface area contributed by atoms with Crippen LogP contribution >= 0.6 is 0 Å². The van der Waals surface area contributed by atoms with E-state index in [-0.39, 0.29) is 5.69 Å². The minimum Gasteiger partial charge on any atom is -0.358 e. The molecule has 1 heterocycles. The van der Waals surface area contributed by atoms with E-state index in [0.717, 1.165) is 10.7 Å². The Morgan fingerprint density at radius 1 is 1.42 bits per heavy atom. The van der Waals surface area contributed by atoms with Crippen molar-refractivity contribution in [2.75, 3.05) is 5.32 Å². The average Bonchev–Trinajstić information content (AvgIpc) is 2.74. The van der Waals surface area contributed by atoms with Crippen molar-refractivity contribution in [1.29, 1.82) is 0 Å². The third kappa shape index (κ3) is 2.73. The highest BCUT2D eigenvalue weighted by atomic mass is 19.1. The molecule has 0 bridgehead atoms. The molecule has 0 atom stereocenters. The van der Waals surface area contributed by atoms with Crippen molar-refractivity contribution < 1.29 is 14.1 Å². The molecule has 0 fully saturated rings. The number of halogens is 1. The van der Waals surface area contributed by atoms with Gasteiger partial charge in [-0.3, -0.25) is 4.79 Å². The summed E-state index contributed by atoms with van der Waals surface area (Å²) < 4.78 is 13.8. The molecule has 0 saturated carbocycles. The third-order valence-electron chi connectivity index (χ3n) is 2.39. The predicted octanol–water partition coefficient (Wildman–Crippen LogP) is 1.72. The minimum atomic E-state index is -0.686. The Labute approximate surface area is 106 Å². The van der Waals surface area contributed by atoms with E-state index >= 15 is 0 Å². The highest BCUT2D eigenvalue weighted by Gasteiger charge is 2.20. The van der Waals surface area contributed by atoms with E-state index in [1.807, 2.05) is 0 Å². The van der Waals surface area contributed by atoms with Crippen molar-refractivity contribution in [1.82, 2.24) is 9.78 Å². The Hall–Kier alpha value is -2.77. The highest BCUT2D eigenvalue weighted by molar-refractivity contribution is 6.03. The van der Waals surface area contributed by atoms with Crippen LogP contribution in [-0.2, 0) is 7.05 Å². The number of benzene rings is 1. The van der Waals surface area contributed by atoms with Gasteiger partial charge in [-0.2, -0.15) is 4.68 Å². The van der Waals surface area contributed by atoms with Crippen molar-refractivity contribution in [3.05, 3.63) is 52.0 Å². The SMILES string of the molecule is Cn1nc([N+](=O)[O-])cc1C(=O)Nc1ccc(F)cc1. The number of hydrogen-bond acceptors (Lipinski definition) is 4. The Bertz CT molecular complexity index is 636. The molecule has 0 spiro atoms. The second-order valence-electron chi connectivity index (χ2n) is 3.73. The molecule has 0 radical (unpaired) electrons. The van der Waals surface area contributed by atoms with Gasteiger partial charge in [-0.15, -0.1) is 0 Å². The lowest BCUT2D eigenvalue weighted by Crippen LogP contribution is -2.15. The number of aromatic nitrogens is 2. The predicted molar refractivity (Wildman–Crippen MR) is 64.2 cm³/mol. The summed E-state index contributed by atoms with van der Waals surface area (Å²) in [5, 5.41) is 16.6. The summed E-state index contributed by atoms with van der Waals surface area (Å²) in [6.07, 6.45) is 0. The molecule has 1 aromatic heterocycles. The topological polar surface area (TPSA) is 90.1 Å². The molecule has 0 aliphatic carbocycles. The summed E-state index contributed by atoms with van der Waals surface area (Å²) >= 11 is 0. The number of aryl methyl sites for hydroxylation is 1. The number of nitrogens with one attached hydrogen (secondary N) is 1. The minimum absolute atomic E-state index is 0.0380. The van der Waals surface area contributed by atoms with Gasteiger partial charge < -0.3 is 15.4 Å². The van der Waals surface area contributed by atoms with Gasteiger partial charge in [-0.05, 0) is 29.2 Å². The molecule has 0 saturated heterocycles. The van der Waals surface area contributed by atoms with Crippen molar-refractivity contribution in [3.63, 3.8) is 0 Å². The molecule has 2 aromatic rings. The number of nitro groups is 1. The molecule has 1 amide bonds. The Balaban J connectivity index is 2.20. The third-order valence-corrected chi connectivity index (χ3v) is 2.39. The van der Waals surface area contributed by atoms with E-state index in [9.17, 15) is 19.3 Å². The van der Waals surface area contributed by atoms with E-state index in [2.05, 4.69) is 10.4 Å². The zero-order chi connectivity index (χ0) is 14.0. The maximum atomic E-state index is 12.7. The number of rotatable bonds is 3. The molecule has 8 heteroatoms. The highest BCUT2D eigenvalue weighted by Crippen LogP contribution is 2.14. The Kier molecular flexibility index (Phi) is 3.23. The van der Waals surface area contributed by atoms with Crippen molar-refractivity contribution in [2.45, 2.75) is 0 Å². The summed E-state index contributed by atoms with van der Waals surface area (Å²) in [5.74, 6) is -1.39. The van der Waals surface area contributed by atoms with Crippen LogP contribution < -0.4 is 5.32 Å². The van der Waals surface area contributed by atoms with Gasteiger partial charge in [-0.1, -0.05) is 0 Å². The monoisotopic (exact) mass is 264 g/mol. The van der Waals surface area contributed by atoms with Crippen LogP contribution in [0.5, 0.6) is 0 Å². The molecule has 0 aliphatic heterocycles. The van der Waals surface area contributed by atoms with Crippen LogP contribution in [0.4, 0.5) is 15.9 Å². The number of nitrogens with zero attached hydrogens (tertiary/aromatic N) is 3. The first-order chi connectivity index (χ1) is 8.97. The zero-order valence-electron chi connectivity index (χ0n) is 9.83. The molecule has 0 unspecified atom stereocenters. The summed E-state index contributed by atoms with van der Waals surface area (Å²) in [7, 11) is 1.42. The fraction of sp³-hybridized carbons (Fsp3) is 0.0909. The van der Waals surface area contributed by atoms with Gasteiger partial charge in [0.05, 0.1) is 18.2 Å². The molecular weight excluding hydrogens is 255 g/mol. The lowest BCUT2D eigenvalue weighted by atomic mass is 10.3. The second kappa shape index (κ2) is 4.84. The Morgan fingerprint density at radius 3 is 2.58 bits per heavy atom.